The molecule has 0 aromatic rings. The predicted molar refractivity (Wildman–Crippen MR) is 78.9 cm³/mol. The molecule has 0 bridgehead atoms. The summed E-state index contributed by atoms with van der Waals surface area (Å²) in [4.78, 5) is 14.8. The first kappa shape index (κ1) is 14.8. The van der Waals surface area contributed by atoms with Crippen LogP contribution in [0, 0.1) is 17.8 Å². The van der Waals surface area contributed by atoms with Crippen LogP contribution in [0.15, 0.2) is 0 Å². The monoisotopic (exact) mass is 266 g/mol. The summed E-state index contributed by atoms with van der Waals surface area (Å²) in [5.74, 6) is 2.40. The molecule has 2 rings (SSSR count). The third-order valence-corrected chi connectivity index (χ3v) is 5.06. The zero-order valence-corrected chi connectivity index (χ0v) is 12.8. The van der Waals surface area contributed by atoms with E-state index in [1.54, 1.807) is 0 Å². The van der Waals surface area contributed by atoms with Crippen molar-refractivity contribution in [3.05, 3.63) is 0 Å². The molecular weight excluding hydrogens is 236 g/mol. The lowest BCUT2D eigenvalue weighted by Gasteiger charge is -2.33. The summed E-state index contributed by atoms with van der Waals surface area (Å²) in [5.41, 5.74) is 0. The Kier molecular flexibility index (Phi) is 5.26. The highest BCUT2D eigenvalue weighted by molar-refractivity contribution is 5.82. The minimum atomic E-state index is 0.0735. The second kappa shape index (κ2) is 6.74. The Hall–Kier alpha value is -0.570. The largest absolute Gasteiger partial charge is 0.341 e. The van der Waals surface area contributed by atoms with Crippen molar-refractivity contribution in [3.63, 3.8) is 0 Å². The summed E-state index contributed by atoms with van der Waals surface area (Å²) in [7, 11) is 0. The molecule has 2 saturated heterocycles. The van der Waals surface area contributed by atoms with E-state index in [2.05, 4.69) is 31.0 Å². The maximum Gasteiger partial charge on any atom is 0.239 e. The Labute approximate surface area is 118 Å². The lowest BCUT2D eigenvalue weighted by Crippen LogP contribution is -2.52. The Balaban J connectivity index is 1.92. The third-order valence-electron chi connectivity index (χ3n) is 5.06. The van der Waals surface area contributed by atoms with Crippen LogP contribution < -0.4 is 5.32 Å². The van der Waals surface area contributed by atoms with Gasteiger partial charge in [-0.15, -0.1) is 0 Å². The molecule has 3 nitrogen and oxygen atoms in total. The molecule has 19 heavy (non-hydrogen) atoms. The number of amides is 1. The molecule has 3 unspecified atom stereocenters. The SMILES string of the molecule is CC(C)C1CCCN(C(=O)C2NCCCC2C)CC1. The summed E-state index contributed by atoms with van der Waals surface area (Å²) in [6.45, 7) is 9.77. The molecule has 3 atom stereocenters. The van der Waals surface area contributed by atoms with Gasteiger partial charge in [-0.25, -0.2) is 0 Å². The highest BCUT2D eigenvalue weighted by Crippen LogP contribution is 2.26. The fraction of sp³-hybridized carbons (Fsp3) is 0.938. The standard InChI is InChI=1S/C16H30N2O/c1-12(2)14-7-5-10-18(11-8-14)16(19)15-13(3)6-4-9-17-15/h12-15,17H,4-11H2,1-3H3. The highest BCUT2D eigenvalue weighted by atomic mass is 16.2. The number of likely N-dealkylation sites (tertiary alicyclic amines) is 1. The Morgan fingerprint density at radius 1 is 1.16 bits per heavy atom. The number of nitrogens with zero attached hydrogens (tertiary/aromatic N) is 1. The van der Waals surface area contributed by atoms with Gasteiger partial charge in [0.2, 0.25) is 5.91 Å². The molecule has 2 aliphatic heterocycles. The van der Waals surface area contributed by atoms with Gasteiger partial charge >= 0.3 is 0 Å². The average molecular weight is 266 g/mol. The molecule has 0 aromatic heterocycles. The molecule has 2 aliphatic rings. The molecule has 0 spiro atoms. The van der Waals surface area contributed by atoms with Gasteiger partial charge in [0.15, 0.2) is 0 Å². The second-order valence-electron chi connectivity index (χ2n) is 6.81. The van der Waals surface area contributed by atoms with Crippen molar-refractivity contribution in [1.29, 1.82) is 0 Å². The van der Waals surface area contributed by atoms with E-state index in [0.29, 0.717) is 11.8 Å². The fourth-order valence-corrected chi connectivity index (χ4v) is 3.59. The van der Waals surface area contributed by atoms with E-state index in [1.165, 1.54) is 32.1 Å². The van der Waals surface area contributed by atoms with E-state index in [0.717, 1.165) is 31.5 Å². The molecule has 2 fully saturated rings. The highest BCUT2D eigenvalue weighted by Gasteiger charge is 2.32. The average Bonchev–Trinajstić information content (AvgIpc) is 2.64. The number of hydrogen-bond donors (Lipinski definition) is 1. The van der Waals surface area contributed by atoms with Crippen LogP contribution >= 0.6 is 0 Å². The zero-order chi connectivity index (χ0) is 13.8. The summed E-state index contributed by atoms with van der Waals surface area (Å²) < 4.78 is 0. The smallest absolute Gasteiger partial charge is 0.239 e. The predicted octanol–water partition coefficient (Wildman–Crippen LogP) is 2.66. The summed E-state index contributed by atoms with van der Waals surface area (Å²) in [5, 5.41) is 3.43. The van der Waals surface area contributed by atoms with Crippen molar-refractivity contribution in [2.75, 3.05) is 19.6 Å². The normalized spacial score (nSPS) is 33.3. The number of nitrogens with one attached hydrogen (secondary N) is 1. The van der Waals surface area contributed by atoms with Crippen LogP contribution in [0.4, 0.5) is 0 Å². The van der Waals surface area contributed by atoms with Crippen molar-refractivity contribution in [2.45, 2.75) is 58.9 Å². The molecule has 110 valence electrons. The zero-order valence-electron chi connectivity index (χ0n) is 12.8. The number of piperidine rings is 1. The van der Waals surface area contributed by atoms with Crippen LogP contribution in [0.1, 0.15) is 52.9 Å². The van der Waals surface area contributed by atoms with E-state index < -0.39 is 0 Å². The molecule has 1 amide bonds. The van der Waals surface area contributed by atoms with Crippen LogP contribution in [-0.4, -0.2) is 36.5 Å². The van der Waals surface area contributed by atoms with Crippen molar-refractivity contribution in [1.82, 2.24) is 10.2 Å². The fourth-order valence-electron chi connectivity index (χ4n) is 3.59. The van der Waals surface area contributed by atoms with E-state index in [4.69, 9.17) is 0 Å². The Bertz CT molecular complexity index is 303. The summed E-state index contributed by atoms with van der Waals surface area (Å²) in [6, 6.07) is 0.0735. The van der Waals surface area contributed by atoms with Gasteiger partial charge in [-0.2, -0.15) is 0 Å². The maximum absolute atomic E-state index is 12.7. The van der Waals surface area contributed by atoms with E-state index in [1.807, 2.05) is 0 Å². The molecule has 0 radical (unpaired) electrons. The van der Waals surface area contributed by atoms with Crippen LogP contribution in [0.3, 0.4) is 0 Å². The van der Waals surface area contributed by atoms with Gasteiger partial charge in [0.05, 0.1) is 6.04 Å². The minimum absolute atomic E-state index is 0.0735. The van der Waals surface area contributed by atoms with Gasteiger partial charge in [-0.3, -0.25) is 4.79 Å². The van der Waals surface area contributed by atoms with Gasteiger partial charge in [0, 0.05) is 13.1 Å². The lowest BCUT2D eigenvalue weighted by molar-refractivity contribution is -0.135. The van der Waals surface area contributed by atoms with Crippen molar-refractivity contribution in [3.8, 4) is 0 Å². The first-order valence-corrected chi connectivity index (χ1v) is 8.11. The molecule has 2 heterocycles. The van der Waals surface area contributed by atoms with E-state index in [9.17, 15) is 4.79 Å². The molecule has 0 aliphatic carbocycles. The van der Waals surface area contributed by atoms with Crippen LogP contribution in [0.5, 0.6) is 0 Å². The first-order chi connectivity index (χ1) is 9.09. The number of carbonyl (C=O) groups excluding carboxylic acids is 1. The van der Waals surface area contributed by atoms with Gasteiger partial charge in [-0.05, 0) is 56.4 Å². The van der Waals surface area contributed by atoms with Crippen LogP contribution in [0.2, 0.25) is 0 Å². The number of hydrogen-bond acceptors (Lipinski definition) is 2. The minimum Gasteiger partial charge on any atom is -0.341 e. The molecular formula is C16H30N2O. The third kappa shape index (κ3) is 3.71. The Morgan fingerprint density at radius 2 is 1.95 bits per heavy atom. The van der Waals surface area contributed by atoms with Crippen molar-refractivity contribution in [2.24, 2.45) is 17.8 Å². The number of rotatable bonds is 2. The van der Waals surface area contributed by atoms with Gasteiger partial charge in [-0.1, -0.05) is 20.8 Å². The molecule has 3 heteroatoms. The Morgan fingerprint density at radius 3 is 2.63 bits per heavy atom. The van der Waals surface area contributed by atoms with Crippen LogP contribution in [0.25, 0.3) is 0 Å². The van der Waals surface area contributed by atoms with Gasteiger partial charge in [0.1, 0.15) is 0 Å². The van der Waals surface area contributed by atoms with Crippen LogP contribution in [-0.2, 0) is 4.79 Å². The second-order valence-corrected chi connectivity index (χ2v) is 6.81. The van der Waals surface area contributed by atoms with E-state index in [-0.39, 0.29) is 6.04 Å². The molecule has 0 aromatic carbocycles. The topological polar surface area (TPSA) is 32.3 Å². The molecule has 0 saturated carbocycles. The quantitative estimate of drug-likeness (QED) is 0.833. The number of carbonyl (C=O) groups is 1. The first-order valence-electron chi connectivity index (χ1n) is 8.11. The van der Waals surface area contributed by atoms with Gasteiger partial charge < -0.3 is 10.2 Å². The van der Waals surface area contributed by atoms with Crippen molar-refractivity contribution >= 4 is 5.91 Å². The lowest BCUT2D eigenvalue weighted by atomic mass is 9.89. The van der Waals surface area contributed by atoms with Crippen molar-refractivity contribution < 1.29 is 4.79 Å². The summed E-state index contributed by atoms with van der Waals surface area (Å²) >= 11 is 0. The summed E-state index contributed by atoms with van der Waals surface area (Å²) in [6.07, 6.45) is 6.04. The van der Waals surface area contributed by atoms with E-state index >= 15 is 0 Å². The van der Waals surface area contributed by atoms with Gasteiger partial charge in [0.25, 0.3) is 0 Å². The molecule has 1 N–H and O–H groups in total. The maximum atomic E-state index is 12.7.